The summed E-state index contributed by atoms with van der Waals surface area (Å²) in [4.78, 5) is 28.3. The number of hydrogen-bond acceptors (Lipinski definition) is 4. The molecule has 0 unspecified atom stereocenters. The van der Waals surface area contributed by atoms with E-state index in [0.717, 1.165) is 32.1 Å². The van der Waals surface area contributed by atoms with Crippen molar-refractivity contribution in [3.63, 3.8) is 0 Å². The number of amides is 2. The maximum absolute atomic E-state index is 14.0. The fourth-order valence-electron chi connectivity index (χ4n) is 2.95. The molecule has 1 aliphatic carbocycles. The maximum atomic E-state index is 14.0. The van der Waals surface area contributed by atoms with E-state index in [1.54, 1.807) is 11.6 Å². The van der Waals surface area contributed by atoms with E-state index in [2.05, 4.69) is 15.6 Å². The van der Waals surface area contributed by atoms with E-state index in [0.29, 0.717) is 11.4 Å². The van der Waals surface area contributed by atoms with Crippen LogP contribution in [0.3, 0.4) is 0 Å². The Labute approximate surface area is 155 Å². The van der Waals surface area contributed by atoms with Crippen LogP contribution in [0.4, 0.5) is 15.8 Å². The van der Waals surface area contributed by atoms with Gasteiger partial charge in [-0.3, -0.25) is 9.59 Å². The van der Waals surface area contributed by atoms with Gasteiger partial charge >= 0.3 is 0 Å². The molecular formula is C19H20FN3O2S. The van der Waals surface area contributed by atoms with Gasteiger partial charge in [-0.2, -0.15) is 0 Å². The summed E-state index contributed by atoms with van der Waals surface area (Å²) in [6.45, 7) is 0. The minimum Gasteiger partial charge on any atom is -0.323 e. The summed E-state index contributed by atoms with van der Waals surface area (Å²) in [6.07, 6.45) is 7.84. The second-order valence-corrected chi connectivity index (χ2v) is 6.97. The molecule has 0 aliphatic heterocycles. The Morgan fingerprint density at radius 1 is 1.19 bits per heavy atom. The van der Waals surface area contributed by atoms with E-state index < -0.39 is 5.82 Å². The molecule has 7 heteroatoms. The quantitative estimate of drug-likeness (QED) is 0.761. The second-order valence-electron chi connectivity index (χ2n) is 6.25. The fourth-order valence-corrected chi connectivity index (χ4v) is 3.47. The summed E-state index contributed by atoms with van der Waals surface area (Å²) in [5, 5.41) is 7.13. The molecule has 0 bridgehead atoms. The van der Waals surface area contributed by atoms with E-state index in [1.807, 2.05) is 5.38 Å². The van der Waals surface area contributed by atoms with Gasteiger partial charge in [-0.15, -0.1) is 11.3 Å². The van der Waals surface area contributed by atoms with E-state index in [4.69, 9.17) is 0 Å². The minimum absolute atomic E-state index is 0.0672. The zero-order valence-electron chi connectivity index (χ0n) is 14.2. The average Bonchev–Trinajstić information content (AvgIpc) is 3.17. The van der Waals surface area contributed by atoms with E-state index >= 15 is 0 Å². The van der Waals surface area contributed by atoms with Crippen molar-refractivity contribution in [3.8, 4) is 0 Å². The lowest BCUT2D eigenvalue weighted by atomic mass is 9.88. The van der Waals surface area contributed by atoms with Crippen LogP contribution in [0.2, 0.25) is 0 Å². The lowest BCUT2D eigenvalue weighted by Gasteiger charge is -2.21. The van der Waals surface area contributed by atoms with Crippen LogP contribution < -0.4 is 10.6 Å². The molecule has 3 rings (SSSR count). The zero-order valence-corrected chi connectivity index (χ0v) is 15.0. The highest BCUT2D eigenvalue weighted by Gasteiger charge is 2.22. The highest BCUT2D eigenvalue weighted by Crippen LogP contribution is 2.26. The van der Waals surface area contributed by atoms with E-state index in [9.17, 15) is 14.0 Å². The molecule has 0 atom stereocenters. The number of nitrogens with zero attached hydrogens (tertiary/aromatic N) is 1. The summed E-state index contributed by atoms with van der Waals surface area (Å²) >= 11 is 1.44. The molecule has 1 aromatic carbocycles. The molecule has 2 aromatic rings. The highest BCUT2D eigenvalue weighted by atomic mass is 32.1. The van der Waals surface area contributed by atoms with Crippen LogP contribution >= 0.6 is 11.3 Å². The van der Waals surface area contributed by atoms with Gasteiger partial charge in [0.15, 0.2) is 0 Å². The first kappa shape index (κ1) is 18.3. The highest BCUT2D eigenvalue weighted by molar-refractivity contribution is 7.07. The summed E-state index contributed by atoms with van der Waals surface area (Å²) < 4.78 is 14.0. The molecule has 5 nitrogen and oxygen atoms in total. The molecule has 0 saturated heterocycles. The van der Waals surface area contributed by atoms with Crippen molar-refractivity contribution >= 4 is 40.6 Å². The van der Waals surface area contributed by atoms with Gasteiger partial charge in [0.25, 0.3) is 0 Å². The third kappa shape index (κ3) is 4.98. The van der Waals surface area contributed by atoms with E-state index in [-0.39, 0.29) is 23.4 Å². The zero-order chi connectivity index (χ0) is 18.4. The predicted octanol–water partition coefficient (Wildman–Crippen LogP) is 4.45. The maximum Gasteiger partial charge on any atom is 0.248 e. The van der Waals surface area contributed by atoms with E-state index in [1.165, 1.54) is 35.6 Å². The molecule has 0 radical (unpaired) electrons. The van der Waals surface area contributed by atoms with Gasteiger partial charge in [-0.25, -0.2) is 9.37 Å². The number of carbonyl (C=O) groups is 2. The van der Waals surface area contributed by atoms with Crippen molar-refractivity contribution in [2.75, 3.05) is 10.6 Å². The average molecular weight is 373 g/mol. The van der Waals surface area contributed by atoms with Crippen molar-refractivity contribution in [2.24, 2.45) is 5.92 Å². The monoisotopic (exact) mass is 373 g/mol. The molecular weight excluding hydrogens is 353 g/mol. The van der Waals surface area contributed by atoms with Gasteiger partial charge in [0.1, 0.15) is 5.82 Å². The SMILES string of the molecule is O=C(/C=C/c1cscn1)Nc1ccc(F)c(NC(=O)C2CCCCC2)c1. The summed E-state index contributed by atoms with van der Waals surface area (Å²) in [6, 6.07) is 4.13. The summed E-state index contributed by atoms with van der Waals surface area (Å²) in [5.41, 5.74) is 2.88. The third-order valence-corrected chi connectivity index (χ3v) is 4.93. The second kappa shape index (κ2) is 8.71. The molecule has 2 N–H and O–H groups in total. The molecule has 136 valence electrons. The number of nitrogens with one attached hydrogen (secondary N) is 2. The van der Waals surface area contributed by atoms with Crippen LogP contribution in [0, 0.1) is 11.7 Å². The molecule has 1 heterocycles. The topological polar surface area (TPSA) is 71.1 Å². The van der Waals surface area contributed by atoms with Crippen molar-refractivity contribution in [3.05, 3.63) is 46.7 Å². The first-order valence-electron chi connectivity index (χ1n) is 8.59. The summed E-state index contributed by atoms with van der Waals surface area (Å²) in [7, 11) is 0. The first-order valence-corrected chi connectivity index (χ1v) is 9.54. The van der Waals surface area contributed by atoms with Gasteiger partial charge < -0.3 is 10.6 Å². The molecule has 0 spiro atoms. The number of carbonyl (C=O) groups excluding carboxylic acids is 2. The number of hydrogen-bond donors (Lipinski definition) is 2. The predicted molar refractivity (Wildman–Crippen MR) is 101 cm³/mol. The van der Waals surface area contributed by atoms with Gasteiger partial charge in [-0.1, -0.05) is 19.3 Å². The number of halogens is 1. The standard InChI is InChI=1S/C19H20FN3O2S/c20-16-8-6-14(22-18(24)9-7-15-11-26-12-21-15)10-17(16)23-19(25)13-4-2-1-3-5-13/h6-13H,1-5H2,(H,22,24)(H,23,25)/b9-7+. The van der Waals surface area contributed by atoms with Gasteiger partial charge in [0.05, 0.1) is 16.9 Å². The molecule has 26 heavy (non-hydrogen) atoms. The van der Waals surface area contributed by atoms with Crippen LogP contribution in [-0.4, -0.2) is 16.8 Å². The van der Waals surface area contributed by atoms with Crippen molar-refractivity contribution in [2.45, 2.75) is 32.1 Å². The van der Waals surface area contributed by atoms with Gasteiger partial charge in [0.2, 0.25) is 11.8 Å². The van der Waals surface area contributed by atoms with Gasteiger partial charge in [-0.05, 0) is 37.1 Å². The van der Waals surface area contributed by atoms with Crippen LogP contribution in [0.5, 0.6) is 0 Å². The van der Waals surface area contributed by atoms with Crippen molar-refractivity contribution in [1.82, 2.24) is 4.98 Å². The molecule has 1 aromatic heterocycles. The lowest BCUT2D eigenvalue weighted by molar-refractivity contribution is -0.120. The van der Waals surface area contributed by atoms with Crippen LogP contribution in [0.1, 0.15) is 37.8 Å². The lowest BCUT2D eigenvalue weighted by Crippen LogP contribution is -2.25. The molecule has 2 amide bonds. The Bertz CT molecular complexity index is 799. The first-order chi connectivity index (χ1) is 12.6. The summed E-state index contributed by atoms with van der Waals surface area (Å²) in [5.74, 6) is -1.10. The number of aromatic nitrogens is 1. The third-order valence-electron chi connectivity index (χ3n) is 4.32. The number of anilines is 2. The van der Waals surface area contributed by atoms with Crippen molar-refractivity contribution < 1.29 is 14.0 Å². The Morgan fingerprint density at radius 3 is 2.73 bits per heavy atom. The van der Waals surface area contributed by atoms with Crippen LogP contribution in [0.15, 0.2) is 35.2 Å². The normalized spacial score (nSPS) is 15.1. The largest absolute Gasteiger partial charge is 0.323 e. The Kier molecular flexibility index (Phi) is 6.12. The molecule has 1 fully saturated rings. The Morgan fingerprint density at radius 2 is 2.00 bits per heavy atom. The molecule has 1 aliphatic rings. The smallest absolute Gasteiger partial charge is 0.248 e. The Hall–Kier alpha value is -2.54. The minimum atomic E-state index is -0.523. The number of rotatable bonds is 5. The van der Waals surface area contributed by atoms with Crippen LogP contribution in [0.25, 0.3) is 6.08 Å². The van der Waals surface area contributed by atoms with Crippen molar-refractivity contribution in [1.29, 1.82) is 0 Å². The fraction of sp³-hybridized carbons (Fsp3) is 0.316. The van der Waals surface area contributed by atoms with Crippen LogP contribution in [-0.2, 0) is 9.59 Å². The number of benzene rings is 1. The number of thiazole rings is 1. The Balaban J connectivity index is 1.63. The van der Waals surface area contributed by atoms with Gasteiger partial charge in [0, 0.05) is 23.1 Å². The molecule has 1 saturated carbocycles.